The summed E-state index contributed by atoms with van der Waals surface area (Å²) in [5.74, 6) is -1.49. The Kier molecular flexibility index (Phi) is 3.01. The summed E-state index contributed by atoms with van der Waals surface area (Å²) in [6.45, 7) is 0.615. The van der Waals surface area contributed by atoms with Crippen molar-refractivity contribution in [2.45, 2.75) is 18.8 Å². The van der Waals surface area contributed by atoms with Gasteiger partial charge in [-0.2, -0.15) is 0 Å². The van der Waals surface area contributed by atoms with Gasteiger partial charge < -0.3 is 10.6 Å². The fourth-order valence-corrected chi connectivity index (χ4v) is 2.19. The summed E-state index contributed by atoms with van der Waals surface area (Å²) < 4.78 is 26.8. The second kappa shape index (κ2) is 4.16. The van der Waals surface area contributed by atoms with E-state index < -0.39 is 5.92 Å². The molecule has 16 heavy (non-hydrogen) atoms. The number of nitrogens with two attached hydrogens (primary N) is 1. The zero-order valence-corrected chi connectivity index (χ0v) is 10.2. The fraction of sp³-hybridized carbons (Fsp3) is 0.500. The molecular formula is C10H12BrF2N3. The first-order valence-corrected chi connectivity index (χ1v) is 5.82. The molecule has 0 aliphatic carbocycles. The topological polar surface area (TPSA) is 42.1 Å². The number of rotatable bonds is 1. The Morgan fingerprint density at radius 2 is 1.94 bits per heavy atom. The molecule has 3 nitrogen and oxygen atoms in total. The lowest BCUT2D eigenvalue weighted by molar-refractivity contribution is -0.0221. The zero-order chi connectivity index (χ0) is 11.8. The Hall–Kier alpha value is -0.910. The van der Waals surface area contributed by atoms with Crippen molar-refractivity contribution < 1.29 is 8.78 Å². The number of hydrogen-bond donors (Lipinski definition) is 1. The quantitative estimate of drug-likeness (QED) is 0.865. The third-order valence-electron chi connectivity index (χ3n) is 2.64. The van der Waals surface area contributed by atoms with Gasteiger partial charge in [-0.05, 0) is 28.1 Å². The van der Waals surface area contributed by atoms with Crippen molar-refractivity contribution in [3.05, 3.63) is 16.6 Å². The average Bonchev–Trinajstić information content (AvgIpc) is 2.22. The SMILES string of the molecule is Nc1ccc(Br)c(N2CCC(F)(F)CC2)n1. The number of halogens is 3. The van der Waals surface area contributed by atoms with E-state index in [1.807, 2.05) is 4.90 Å². The van der Waals surface area contributed by atoms with E-state index in [0.29, 0.717) is 24.7 Å². The maximum Gasteiger partial charge on any atom is 0.251 e. The molecule has 0 aromatic carbocycles. The van der Waals surface area contributed by atoms with E-state index in [1.54, 1.807) is 12.1 Å². The lowest BCUT2D eigenvalue weighted by atomic mass is 10.1. The minimum absolute atomic E-state index is 0.129. The van der Waals surface area contributed by atoms with Crippen molar-refractivity contribution in [2.24, 2.45) is 0 Å². The lowest BCUT2D eigenvalue weighted by Gasteiger charge is -2.33. The minimum atomic E-state index is -2.54. The predicted octanol–water partition coefficient (Wildman–Crippen LogP) is 2.66. The summed E-state index contributed by atoms with van der Waals surface area (Å²) in [6, 6.07) is 3.45. The Labute approximate surface area is 101 Å². The van der Waals surface area contributed by atoms with Crippen LogP contribution in [-0.2, 0) is 0 Å². The van der Waals surface area contributed by atoms with E-state index in [2.05, 4.69) is 20.9 Å². The molecule has 0 unspecified atom stereocenters. The number of nitrogen functional groups attached to an aromatic ring is 1. The van der Waals surface area contributed by atoms with Crippen LogP contribution in [0.25, 0.3) is 0 Å². The first-order valence-electron chi connectivity index (χ1n) is 5.03. The normalized spacial score (nSPS) is 19.8. The number of pyridine rings is 1. The molecule has 6 heteroatoms. The number of anilines is 2. The van der Waals surface area contributed by atoms with Gasteiger partial charge in [0.1, 0.15) is 11.6 Å². The molecule has 1 aliphatic rings. The molecule has 2 heterocycles. The van der Waals surface area contributed by atoms with Crippen LogP contribution in [0.3, 0.4) is 0 Å². The summed E-state index contributed by atoms with van der Waals surface area (Å²) in [7, 11) is 0. The number of hydrogen-bond acceptors (Lipinski definition) is 3. The summed E-state index contributed by atoms with van der Waals surface area (Å²) in [5.41, 5.74) is 5.58. The van der Waals surface area contributed by atoms with Gasteiger partial charge in [0, 0.05) is 25.9 Å². The van der Waals surface area contributed by atoms with Crippen LogP contribution in [0, 0.1) is 0 Å². The van der Waals surface area contributed by atoms with Crippen LogP contribution in [0.15, 0.2) is 16.6 Å². The molecule has 0 amide bonds. The Morgan fingerprint density at radius 1 is 1.31 bits per heavy atom. The molecule has 0 atom stereocenters. The first kappa shape index (κ1) is 11.6. The zero-order valence-electron chi connectivity index (χ0n) is 8.59. The summed E-state index contributed by atoms with van der Waals surface area (Å²) >= 11 is 3.35. The highest BCUT2D eigenvalue weighted by Gasteiger charge is 2.34. The molecular weight excluding hydrogens is 280 g/mol. The fourth-order valence-electron chi connectivity index (χ4n) is 1.71. The second-order valence-electron chi connectivity index (χ2n) is 3.88. The molecule has 0 radical (unpaired) electrons. The summed E-state index contributed by atoms with van der Waals surface area (Å²) in [5, 5.41) is 0. The molecule has 0 saturated carbocycles. The molecule has 1 fully saturated rings. The van der Waals surface area contributed by atoms with Crippen molar-refractivity contribution in [3.63, 3.8) is 0 Å². The van der Waals surface area contributed by atoms with E-state index in [1.165, 1.54) is 0 Å². The van der Waals surface area contributed by atoms with Crippen molar-refractivity contribution in [1.82, 2.24) is 4.98 Å². The number of aromatic nitrogens is 1. The van der Waals surface area contributed by atoms with Crippen LogP contribution in [0.1, 0.15) is 12.8 Å². The number of piperidine rings is 1. The van der Waals surface area contributed by atoms with E-state index in [0.717, 1.165) is 4.47 Å². The molecule has 88 valence electrons. The number of alkyl halides is 2. The molecule has 2 rings (SSSR count). The van der Waals surface area contributed by atoms with Crippen LogP contribution in [0.2, 0.25) is 0 Å². The Bertz CT molecular complexity index is 388. The first-order chi connectivity index (χ1) is 7.48. The molecule has 1 aliphatic heterocycles. The summed E-state index contributed by atoms with van der Waals surface area (Å²) in [6.07, 6.45) is -0.258. The Morgan fingerprint density at radius 3 is 2.56 bits per heavy atom. The maximum absolute atomic E-state index is 13.0. The molecule has 1 saturated heterocycles. The van der Waals surface area contributed by atoms with Crippen molar-refractivity contribution in [2.75, 3.05) is 23.7 Å². The predicted molar refractivity (Wildman–Crippen MR) is 62.7 cm³/mol. The monoisotopic (exact) mass is 291 g/mol. The van der Waals surface area contributed by atoms with Gasteiger partial charge in [0.2, 0.25) is 0 Å². The highest BCUT2D eigenvalue weighted by molar-refractivity contribution is 9.10. The van der Waals surface area contributed by atoms with Gasteiger partial charge in [-0.3, -0.25) is 0 Å². The van der Waals surface area contributed by atoms with Gasteiger partial charge in [0.05, 0.1) is 4.47 Å². The van der Waals surface area contributed by atoms with Crippen molar-refractivity contribution >= 4 is 27.6 Å². The van der Waals surface area contributed by atoms with Crippen LogP contribution >= 0.6 is 15.9 Å². The standard InChI is InChI=1S/C10H12BrF2N3/c11-7-1-2-8(14)15-9(7)16-5-3-10(12,13)4-6-16/h1-2H,3-6H2,(H2,14,15). The third-order valence-corrected chi connectivity index (χ3v) is 3.26. The van der Waals surface area contributed by atoms with Crippen molar-refractivity contribution in [3.8, 4) is 0 Å². The van der Waals surface area contributed by atoms with E-state index >= 15 is 0 Å². The third kappa shape index (κ3) is 2.42. The van der Waals surface area contributed by atoms with Gasteiger partial charge in [0.25, 0.3) is 5.92 Å². The molecule has 0 spiro atoms. The molecule has 1 aromatic rings. The van der Waals surface area contributed by atoms with Gasteiger partial charge in [0.15, 0.2) is 0 Å². The largest absolute Gasteiger partial charge is 0.384 e. The van der Waals surface area contributed by atoms with E-state index in [9.17, 15) is 8.78 Å². The van der Waals surface area contributed by atoms with Gasteiger partial charge >= 0.3 is 0 Å². The van der Waals surface area contributed by atoms with E-state index in [-0.39, 0.29) is 12.8 Å². The highest BCUT2D eigenvalue weighted by Crippen LogP contribution is 2.32. The van der Waals surface area contributed by atoms with Crippen LogP contribution in [-0.4, -0.2) is 24.0 Å². The second-order valence-corrected chi connectivity index (χ2v) is 4.74. The van der Waals surface area contributed by atoms with Crippen LogP contribution in [0.5, 0.6) is 0 Å². The van der Waals surface area contributed by atoms with Crippen molar-refractivity contribution in [1.29, 1.82) is 0 Å². The molecule has 1 aromatic heterocycles. The molecule has 0 bridgehead atoms. The van der Waals surface area contributed by atoms with Gasteiger partial charge in [-0.15, -0.1) is 0 Å². The average molecular weight is 292 g/mol. The van der Waals surface area contributed by atoms with E-state index in [4.69, 9.17) is 5.73 Å². The minimum Gasteiger partial charge on any atom is -0.384 e. The summed E-state index contributed by atoms with van der Waals surface area (Å²) in [4.78, 5) is 5.99. The Balaban J connectivity index is 2.17. The highest BCUT2D eigenvalue weighted by atomic mass is 79.9. The molecule has 2 N–H and O–H groups in total. The smallest absolute Gasteiger partial charge is 0.251 e. The number of nitrogens with zero attached hydrogens (tertiary/aromatic N) is 2. The maximum atomic E-state index is 13.0. The van der Waals surface area contributed by atoms with Crippen LogP contribution < -0.4 is 10.6 Å². The van der Waals surface area contributed by atoms with Gasteiger partial charge in [-0.25, -0.2) is 13.8 Å². The lowest BCUT2D eigenvalue weighted by Crippen LogP contribution is -2.40. The van der Waals surface area contributed by atoms with Crippen LogP contribution in [0.4, 0.5) is 20.4 Å². The van der Waals surface area contributed by atoms with Gasteiger partial charge in [-0.1, -0.05) is 0 Å².